The van der Waals surface area contributed by atoms with E-state index in [2.05, 4.69) is 19.2 Å². The van der Waals surface area contributed by atoms with E-state index in [0.717, 1.165) is 32.4 Å². The first-order chi connectivity index (χ1) is 10.4. The Kier molecular flexibility index (Phi) is 5.67. The summed E-state index contributed by atoms with van der Waals surface area (Å²) in [5.74, 6) is -0.231. The van der Waals surface area contributed by atoms with Gasteiger partial charge in [0.15, 0.2) is 0 Å². The molecule has 0 bridgehead atoms. The summed E-state index contributed by atoms with van der Waals surface area (Å²) in [6.45, 7) is 7.97. The largest absolute Gasteiger partial charge is 0.480 e. The zero-order valence-corrected chi connectivity index (χ0v) is 13.9. The number of hydrogen-bond acceptors (Lipinski definition) is 3. The average Bonchev–Trinajstić information content (AvgIpc) is 2.42. The van der Waals surface area contributed by atoms with Crippen LogP contribution in [0, 0.1) is 5.92 Å². The Hall–Kier alpha value is -1.30. The maximum Gasteiger partial charge on any atom is 0.317 e. The van der Waals surface area contributed by atoms with Crippen LogP contribution in [0.4, 0.5) is 4.79 Å². The number of likely N-dealkylation sites (N-methyl/N-ethyl adjacent to an activating group) is 1. The number of carbonyl (C=O) groups is 2. The van der Waals surface area contributed by atoms with Gasteiger partial charge in [0, 0.05) is 24.7 Å². The number of piperidine rings is 1. The van der Waals surface area contributed by atoms with Gasteiger partial charge in [0.05, 0.1) is 6.54 Å². The number of likely N-dealkylation sites (tertiary alicyclic amines) is 1. The summed E-state index contributed by atoms with van der Waals surface area (Å²) in [6, 6.07) is 0.807. The zero-order chi connectivity index (χ0) is 16.3. The van der Waals surface area contributed by atoms with Gasteiger partial charge in [-0.25, -0.2) is 4.79 Å². The highest BCUT2D eigenvalue weighted by atomic mass is 16.4. The predicted molar refractivity (Wildman–Crippen MR) is 84.8 cm³/mol. The fourth-order valence-electron chi connectivity index (χ4n) is 3.56. The van der Waals surface area contributed by atoms with Crippen molar-refractivity contribution in [2.45, 2.75) is 64.6 Å². The van der Waals surface area contributed by atoms with Crippen molar-refractivity contribution in [2.75, 3.05) is 19.6 Å². The van der Waals surface area contributed by atoms with Crippen LogP contribution in [-0.4, -0.2) is 64.7 Å². The molecule has 2 unspecified atom stereocenters. The Balaban J connectivity index is 1.77. The van der Waals surface area contributed by atoms with Crippen molar-refractivity contribution >= 4 is 12.0 Å². The number of amides is 2. The third-order valence-electron chi connectivity index (χ3n) is 5.34. The first-order valence-electron chi connectivity index (χ1n) is 8.45. The maximum absolute atomic E-state index is 12.4. The normalized spacial score (nSPS) is 31.7. The van der Waals surface area contributed by atoms with Crippen LogP contribution in [0.2, 0.25) is 0 Å². The molecule has 0 aromatic rings. The molecule has 1 saturated heterocycles. The Morgan fingerprint density at radius 3 is 2.59 bits per heavy atom. The van der Waals surface area contributed by atoms with Crippen LogP contribution >= 0.6 is 0 Å². The quantitative estimate of drug-likeness (QED) is 0.811. The number of aliphatic carboxylic acids is 1. The van der Waals surface area contributed by atoms with Gasteiger partial charge in [-0.1, -0.05) is 13.8 Å². The summed E-state index contributed by atoms with van der Waals surface area (Å²) in [4.78, 5) is 27.1. The molecule has 2 rings (SSSR count). The number of nitrogens with zero attached hydrogens (tertiary/aromatic N) is 2. The zero-order valence-electron chi connectivity index (χ0n) is 13.9. The Morgan fingerprint density at radius 2 is 2.00 bits per heavy atom. The lowest BCUT2D eigenvalue weighted by Gasteiger charge is -2.44. The van der Waals surface area contributed by atoms with Gasteiger partial charge in [0.25, 0.3) is 0 Å². The minimum atomic E-state index is -0.787. The summed E-state index contributed by atoms with van der Waals surface area (Å²) in [6.07, 6.45) is 3.97. The van der Waals surface area contributed by atoms with E-state index in [0.29, 0.717) is 12.0 Å². The lowest BCUT2D eigenvalue weighted by atomic mass is 9.85. The molecule has 0 radical (unpaired) electrons. The second-order valence-corrected chi connectivity index (χ2v) is 6.78. The first kappa shape index (κ1) is 17.1. The molecular formula is C16H29N3O3. The van der Waals surface area contributed by atoms with Gasteiger partial charge in [0.1, 0.15) is 0 Å². The Labute approximate surface area is 132 Å². The van der Waals surface area contributed by atoms with E-state index >= 15 is 0 Å². The van der Waals surface area contributed by atoms with Crippen molar-refractivity contribution < 1.29 is 14.7 Å². The van der Waals surface area contributed by atoms with Crippen LogP contribution < -0.4 is 5.32 Å². The SMILES string of the molecule is CCN(CC(=O)O)C1CC(NC(=O)N2CCCC(C)C2C)C1. The fraction of sp³-hybridized carbons (Fsp3) is 0.875. The number of rotatable bonds is 5. The topological polar surface area (TPSA) is 72.9 Å². The summed E-state index contributed by atoms with van der Waals surface area (Å²) in [5, 5.41) is 12.0. The monoisotopic (exact) mass is 311 g/mol. The summed E-state index contributed by atoms with van der Waals surface area (Å²) < 4.78 is 0. The van der Waals surface area contributed by atoms with Crippen LogP contribution in [0.15, 0.2) is 0 Å². The third kappa shape index (κ3) is 3.91. The highest BCUT2D eigenvalue weighted by Crippen LogP contribution is 2.27. The minimum Gasteiger partial charge on any atom is -0.480 e. The van der Waals surface area contributed by atoms with Crippen LogP contribution in [0.1, 0.15) is 46.5 Å². The van der Waals surface area contributed by atoms with Crippen LogP contribution in [0.25, 0.3) is 0 Å². The van der Waals surface area contributed by atoms with Gasteiger partial charge in [-0.15, -0.1) is 0 Å². The van der Waals surface area contributed by atoms with Gasteiger partial charge in [0.2, 0.25) is 0 Å². The molecule has 2 aliphatic rings. The number of hydrogen-bond donors (Lipinski definition) is 2. The predicted octanol–water partition coefficient (Wildman–Crippen LogP) is 1.75. The summed E-state index contributed by atoms with van der Waals surface area (Å²) >= 11 is 0. The molecule has 1 heterocycles. The highest BCUT2D eigenvalue weighted by Gasteiger charge is 2.36. The van der Waals surface area contributed by atoms with E-state index in [-0.39, 0.29) is 24.7 Å². The van der Waals surface area contributed by atoms with Crippen molar-refractivity contribution in [3.8, 4) is 0 Å². The maximum atomic E-state index is 12.4. The molecule has 2 N–H and O–H groups in total. The lowest BCUT2D eigenvalue weighted by molar-refractivity contribution is -0.139. The summed E-state index contributed by atoms with van der Waals surface area (Å²) in [5.41, 5.74) is 0. The van der Waals surface area contributed by atoms with Gasteiger partial charge in [-0.2, -0.15) is 0 Å². The molecule has 0 aromatic heterocycles. The van der Waals surface area contributed by atoms with E-state index in [1.165, 1.54) is 6.42 Å². The average molecular weight is 311 g/mol. The smallest absolute Gasteiger partial charge is 0.317 e. The number of carboxylic acids is 1. The molecule has 2 amide bonds. The van der Waals surface area contributed by atoms with E-state index in [1.54, 1.807) is 0 Å². The number of nitrogens with one attached hydrogen (secondary N) is 1. The number of carbonyl (C=O) groups excluding carboxylic acids is 1. The second kappa shape index (κ2) is 7.31. The van der Waals surface area contributed by atoms with E-state index < -0.39 is 5.97 Å². The second-order valence-electron chi connectivity index (χ2n) is 6.78. The molecule has 0 aromatic carbocycles. The van der Waals surface area contributed by atoms with Crippen LogP contribution in [-0.2, 0) is 4.79 Å². The Bertz CT molecular complexity index is 409. The van der Waals surface area contributed by atoms with Crippen molar-refractivity contribution in [2.24, 2.45) is 5.92 Å². The fourth-order valence-corrected chi connectivity index (χ4v) is 3.56. The molecule has 2 fully saturated rings. The number of urea groups is 1. The van der Waals surface area contributed by atoms with Gasteiger partial charge >= 0.3 is 12.0 Å². The molecule has 1 saturated carbocycles. The van der Waals surface area contributed by atoms with E-state index in [4.69, 9.17) is 5.11 Å². The Morgan fingerprint density at radius 1 is 1.32 bits per heavy atom. The third-order valence-corrected chi connectivity index (χ3v) is 5.34. The van der Waals surface area contributed by atoms with Gasteiger partial charge < -0.3 is 15.3 Å². The standard InChI is InChI=1S/C16H29N3O3/c1-4-18(10-15(20)21)14-8-13(9-14)17-16(22)19-7-5-6-11(2)12(19)3/h11-14H,4-10H2,1-3H3,(H,17,22)(H,20,21). The first-order valence-corrected chi connectivity index (χ1v) is 8.45. The minimum absolute atomic E-state index is 0.0452. The van der Waals surface area contributed by atoms with Crippen molar-refractivity contribution in [3.63, 3.8) is 0 Å². The molecule has 2 atom stereocenters. The van der Waals surface area contributed by atoms with E-state index in [9.17, 15) is 9.59 Å². The van der Waals surface area contributed by atoms with Crippen molar-refractivity contribution in [1.82, 2.24) is 15.1 Å². The molecule has 126 valence electrons. The number of carboxylic acid groups (broad SMARTS) is 1. The highest BCUT2D eigenvalue weighted by molar-refractivity contribution is 5.75. The van der Waals surface area contributed by atoms with Crippen molar-refractivity contribution in [1.29, 1.82) is 0 Å². The molecule has 22 heavy (non-hydrogen) atoms. The summed E-state index contributed by atoms with van der Waals surface area (Å²) in [7, 11) is 0. The van der Waals surface area contributed by atoms with Crippen LogP contribution in [0.5, 0.6) is 0 Å². The molecule has 6 heteroatoms. The lowest BCUT2D eigenvalue weighted by Crippen LogP contribution is -2.58. The van der Waals surface area contributed by atoms with Crippen LogP contribution in [0.3, 0.4) is 0 Å². The molecule has 1 aliphatic heterocycles. The molecule has 1 aliphatic carbocycles. The van der Waals surface area contributed by atoms with Gasteiger partial charge in [-0.3, -0.25) is 9.69 Å². The molecule has 6 nitrogen and oxygen atoms in total. The van der Waals surface area contributed by atoms with E-state index in [1.807, 2.05) is 16.7 Å². The molecule has 0 spiro atoms. The molecular weight excluding hydrogens is 282 g/mol. The van der Waals surface area contributed by atoms with Crippen molar-refractivity contribution in [3.05, 3.63) is 0 Å². The van der Waals surface area contributed by atoms with Gasteiger partial charge in [-0.05, 0) is 45.1 Å².